The molecule has 2 atom stereocenters. The molecule has 1 fully saturated rings. The van der Waals surface area contributed by atoms with E-state index in [-0.39, 0.29) is 11.5 Å². The van der Waals surface area contributed by atoms with Crippen LogP contribution in [0.3, 0.4) is 0 Å². The van der Waals surface area contributed by atoms with Gasteiger partial charge in [-0.1, -0.05) is 78.4 Å². The molecule has 4 rings (SSSR count). The maximum Gasteiger partial charge on any atom is 0.119 e. The van der Waals surface area contributed by atoms with Crippen LogP contribution in [0.15, 0.2) is 76.5 Å². The lowest BCUT2D eigenvalue weighted by Crippen LogP contribution is -2.35. The van der Waals surface area contributed by atoms with Crippen molar-refractivity contribution in [2.24, 2.45) is 5.41 Å². The number of aliphatic hydroxyl groups is 1. The van der Waals surface area contributed by atoms with Gasteiger partial charge >= 0.3 is 0 Å². The summed E-state index contributed by atoms with van der Waals surface area (Å²) in [7, 11) is 0.233. The van der Waals surface area contributed by atoms with Crippen molar-refractivity contribution in [3.8, 4) is 5.75 Å². The standard InChI is InChI=1S/C32H44O3Si/c1-24-29(16-15-25-13-9-14-28(19-25)34-2)30-20-27(33)21-32(30,22-31(24)36(3,4)5)17-10-18-35-23-26-11-7-6-8-12-26/h6-9,11-14,19,27,33H,10,15-18,20-23H2,1-5H3/t27-,32?/m0/s1. The molecule has 0 radical (unpaired) electrons. The number of allylic oxidation sites excluding steroid dienone is 3. The second-order valence-corrected chi connectivity index (χ2v) is 16.9. The van der Waals surface area contributed by atoms with Crippen molar-refractivity contribution in [2.45, 2.75) is 84.2 Å². The fourth-order valence-corrected chi connectivity index (χ4v) is 8.63. The molecule has 0 spiro atoms. The van der Waals surface area contributed by atoms with E-state index >= 15 is 0 Å². The third kappa shape index (κ3) is 6.22. The van der Waals surface area contributed by atoms with Gasteiger partial charge in [0.25, 0.3) is 0 Å². The quantitative estimate of drug-likeness (QED) is 0.252. The van der Waals surface area contributed by atoms with Crippen molar-refractivity contribution in [3.63, 3.8) is 0 Å². The molecule has 0 aromatic heterocycles. The lowest BCUT2D eigenvalue weighted by Gasteiger charge is -2.42. The Kier molecular flexibility index (Phi) is 8.59. The molecule has 194 valence electrons. The van der Waals surface area contributed by atoms with Crippen LogP contribution in [0.2, 0.25) is 19.6 Å². The fourth-order valence-electron chi connectivity index (χ4n) is 6.48. The lowest BCUT2D eigenvalue weighted by molar-refractivity contribution is 0.103. The smallest absolute Gasteiger partial charge is 0.119 e. The number of hydrogen-bond acceptors (Lipinski definition) is 3. The van der Waals surface area contributed by atoms with E-state index in [1.807, 2.05) is 12.1 Å². The summed E-state index contributed by atoms with van der Waals surface area (Å²) in [6.45, 7) is 11.3. The van der Waals surface area contributed by atoms with Gasteiger partial charge in [0.2, 0.25) is 0 Å². The van der Waals surface area contributed by atoms with Crippen molar-refractivity contribution < 1.29 is 14.6 Å². The number of aryl methyl sites for hydroxylation is 1. The largest absolute Gasteiger partial charge is 0.497 e. The van der Waals surface area contributed by atoms with Crippen LogP contribution in [0.5, 0.6) is 5.75 Å². The molecule has 0 saturated heterocycles. The topological polar surface area (TPSA) is 38.7 Å². The molecule has 2 aliphatic carbocycles. The Morgan fingerprint density at radius 2 is 1.75 bits per heavy atom. The minimum Gasteiger partial charge on any atom is -0.497 e. The Labute approximate surface area is 219 Å². The Morgan fingerprint density at radius 1 is 1.00 bits per heavy atom. The van der Waals surface area contributed by atoms with Crippen LogP contribution in [-0.2, 0) is 17.8 Å². The Balaban J connectivity index is 1.54. The summed E-state index contributed by atoms with van der Waals surface area (Å²) in [5.74, 6) is 0.921. The molecular formula is C32H44O3Si. The number of aliphatic hydroxyl groups excluding tert-OH is 1. The molecule has 2 aromatic rings. The first-order valence-electron chi connectivity index (χ1n) is 13.6. The van der Waals surface area contributed by atoms with E-state index in [1.165, 1.54) is 22.3 Å². The van der Waals surface area contributed by atoms with Gasteiger partial charge in [-0.2, -0.15) is 0 Å². The molecule has 4 heteroatoms. The van der Waals surface area contributed by atoms with Gasteiger partial charge < -0.3 is 14.6 Å². The predicted octanol–water partition coefficient (Wildman–Crippen LogP) is 7.66. The average Bonchev–Trinajstić information content (AvgIpc) is 3.19. The third-order valence-corrected chi connectivity index (χ3v) is 10.6. The van der Waals surface area contributed by atoms with Crippen LogP contribution >= 0.6 is 0 Å². The first-order valence-corrected chi connectivity index (χ1v) is 17.1. The van der Waals surface area contributed by atoms with Crippen LogP contribution < -0.4 is 4.74 Å². The highest BCUT2D eigenvalue weighted by molar-refractivity contribution is 6.83. The molecule has 1 unspecified atom stereocenters. The number of hydrogen-bond donors (Lipinski definition) is 1. The third-order valence-electron chi connectivity index (χ3n) is 8.25. The number of fused-ring (bicyclic) bond motifs is 1. The second-order valence-electron chi connectivity index (χ2n) is 11.8. The Hall–Kier alpha value is -2.14. The van der Waals surface area contributed by atoms with E-state index in [1.54, 1.807) is 17.9 Å². The normalized spacial score (nSPS) is 22.2. The van der Waals surface area contributed by atoms with E-state index in [0.717, 1.165) is 57.3 Å². The van der Waals surface area contributed by atoms with Gasteiger partial charge in [0, 0.05) is 6.61 Å². The highest BCUT2D eigenvalue weighted by Gasteiger charge is 2.48. The van der Waals surface area contributed by atoms with Gasteiger partial charge in [-0.05, 0) is 86.1 Å². The van der Waals surface area contributed by atoms with E-state index < -0.39 is 8.07 Å². The molecular weight excluding hydrogens is 460 g/mol. The lowest BCUT2D eigenvalue weighted by atomic mass is 9.68. The molecule has 1 saturated carbocycles. The molecule has 2 aliphatic rings. The summed E-state index contributed by atoms with van der Waals surface area (Å²) in [6.07, 6.45) is 6.77. The van der Waals surface area contributed by atoms with Gasteiger partial charge in [0.05, 0.1) is 27.9 Å². The summed E-state index contributed by atoms with van der Waals surface area (Å²) >= 11 is 0. The monoisotopic (exact) mass is 504 g/mol. The van der Waals surface area contributed by atoms with Gasteiger partial charge in [0.15, 0.2) is 0 Å². The van der Waals surface area contributed by atoms with E-state index in [0.29, 0.717) is 6.61 Å². The Morgan fingerprint density at radius 3 is 2.47 bits per heavy atom. The minimum atomic E-state index is -1.50. The number of ether oxygens (including phenoxy) is 2. The van der Waals surface area contributed by atoms with Gasteiger partial charge in [0.1, 0.15) is 5.75 Å². The number of benzene rings is 2. The first-order chi connectivity index (χ1) is 17.2. The highest BCUT2D eigenvalue weighted by atomic mass is 28.3. The van der Waals surface area contributed by atoms with Gasteiger partial charge in [-0.3, -0.25) is 0 Å². The highest BCUT2D eigenvalue weighted by Crippen LogP contribution is 2.57. The van der Waals surface area contributed by atoms with Crippen molar-refractivity contribution in [2.75, 3.05) is 13.7 Å². The van der Waals surface area contributed by atoms with Crippen LogP contribution in [0.25, 0.3) is 0 Å². The van der Waals surface area contributed by atoms with Crippen LogP contribution in [-0.4, -0.2) is 33.0 Å². The van der Waals surface area contributed by atoms with Gasteiger partial charge in [-0.25, -0.2) is 0 Å². The van der Waals surface area contributed by atoms with Crippen molar-refractivity contribution in [1.29, 1.82) is 0 Å². The summed E-state index contributed by atoms with van der Waals surface area (Å²) in [4.78, 5) is 0. The van der Waals surface area contributed by atoms with Crippen LogP contribution in [0, 0.1) is 5.41 Å². The van der Waals surface area contributed by atoms with Gasteiger partial charge in [-0.15, -0.1) is 0 Å². The van der Waals surface area contributed by atoms with E-state index in [2.05, 4.69) is 69.0 Å². The maximum absolute atomic E-state index is 10.9. The maximum atomic E-state index is 10.9. The zero-order chi connectivity index (χ0) is 25.8. The molecule has 3 nitrogen and oxygen atoms in total. The minimum absolute atomic E-state index is 0.0916. The summed E-state index contributed by atoms with van der Waals surface area (Å²) in [5.41, 5.74) is 7.23. The molecule has 0 heterocycles. The second kappa shape index (κ2) is 11.5. The predicted molar refractivity (Wildman–Crippen MR) is 152 cm³/mol. The first kappa shape index (κ1) is 26.9. The zero-order valence-electron chi connectivity index (χ0n) is 22.9. The van der Waals surface area contributed by atoms with E-state index in [9.17, 15) is 5.11 Å². The average molecular weight is 505 g/mol. The number of rotatable bonds is 11. The van der Waals surface area contributed by atoms with Crippen molar-refractivity contribution >= 4 is 8.07 Å². The molecule has 2 aromatic carbocycles. The number of methoxy groups -OCH3 is 1. The van der Waals surface area contributed by atoms with Crippen molar-refractivity contribution in [3.05, 3.63) is 87.6 Å². The molecule has 1 N–H and O–H groups in total. The molecule has 0 bridgehead atoms. The summed E-state index contributed by atoms with van der Waals surface area (Å²) < 4.78 is 11.5. The molecule has 36 heavy (non-hydrogen) atoms. The molecule has 0 amide bonds. The SMILES string of the molecule is COc1cccc(CCC2=C3C[C@H](O)CC3(CCCOCc3ccccc3)CC([Si](C)(C)C)=C2C)c1. The zero-order valence-corrected chi connectivity index (χ0v) is 23.9. The fraction of sp³-hybridized carbons (Fsp3) is 0.500. The van der Waals surface area contributed by atoms with Crippen molar-refractivity contribution in [1.82, 2.24) is 0 Å². The summed E-state index contributed by atoms with van der Waals surface area (Å²) in [5, 5.41) is 12.6. The Bertz CT molecular complexity index is 1100. The van der Waals surface area contributed by atoms with Crippen LogP contribution in [0.1, 0.15) is 56.6 Å². The summed E-state index contributed by atoms with van der Waals surface area (Å²) in [6, 6.07) is 18.9. The molecule has 0 aliphatic heterocycles. The van der Waals surface area contributed by atoms with Crippen LogP contribution in [0.4, 0.5) is 0 Å². The van der Waals surface area contributed by atoms with E-state index in [4.69, 9.17) is 9.47 Å².